The molecule has 8 heteroatoms. The van der Waals surface area contributed by atoms with Gasteiger partial charge in [-0.25, -0.2) is 17.5 Å². The van der Waals surface area contributed by atoms with Gasteiger partial charge in [0.15, 0.2) is 0 Å². The minimum absolute atomic E-state index is 0.0626. The maximum atomic E-state index is 13.7. The quantitative estimate of drug-likeness (QED) is 0.480. The number of hydrogen-bond acceptors (Lipinski definition) is 5. The molecule has 2 saturated heterocycles. The molecule has 0 aliphatic carbocycles. The average molecular weight is 491 g/mol. The first-order valence-corrected chi connectivity index (χ1v) is 13.0. The van der Waals surface area contributed by atoms with E-state index < -0.39 is 40.0 Å². The molecule has 2 fully saturated rings. The Kier molecular flexibility index (Phi) is 6.06. The van der Waals surface area contributed by atoms with Gasteiger partial charge in [-0.3, -0.25) is 4.79 Å². The van der Waals surface area contributed by atoms with Gasteiger partial charge in [0.2, 0.25) is 5.91 Å². The topological polar surface area (TPSA) is 84.0 Å². The van der Waals surface area contributed by atoms with Crippen molar-refractivity contribution in [2.45, 2.75) is 36.4 Å². The molecule has 2 aliphatic heterocycles. The molecule has 2 heterocycles. The van der Waals surface area contributed by atoms with Crippen molar-refractivity contribution in [1.29, 1.82) is 0 Å². The summed E-state index contributed by atoms with van der Waals surface area (Å²) >= 11 is 0. The molecule has 3 atom stereocenters. The summed E-state index contributed by atoms with van der Waals surface area (Å²) in [5.74, 6) is -1.20. The van der Waals surface area contributed by atoms with Gasteiger partial charge < -0.3 is 9.64 Å². The molecule has 0 unspecified atom stereocenters. The Morgan fingerprint density at radius 2 is 1.74 bits per heavy atom. The van der Waals surface area contributed by atoms with Crippen LogP contribution in [0.2, 0.25) is 0 Å². The molecule has 2 aliphatic rings. The van der Waals surface area contributed by atoms with E-state index >= 15 is 0 Å². The van der Waals surface area contributed by atoms with Gasteiger partial charge in [-0.2, -0.15) is 0 Å². The molecule has 0 saturated carbocycles. The van der Waals surface area contributed by atoms with E-state index in [0.717, 1.165) is 20.6 Å². The molecular formula is C27H26N2O5S. The highest BCUT2D eigenvalue weighted by atomic mass is 32.2. The summed E-state index contributed by atoms with van der Waals surface area (Å²) < 4.78 is 33.9. The highest BCUT2D eigenvalue weighted by Gasteiger charge is 2.58. The van der Waals surface area contributed by atoms with Gasteiger partial charge in [0, 0.05) is 6.54 Å². The van der Waals surface area contributed by atoms with Gasteiger partial charge in [0.1, 0.15) is 6.61 Å². The molecule has 0 spiro atoms. The van der Waals surface area contributed by atoms with Crippen molar-refractivity contribution in [3.8, 4) is 0 Å². The van der Waals surface area contributed by atoms with E-state index in [4.69, 9.17) is 4.74 Å². The summed E-state index contributed by atoms with van der Waals surface area (Å²) in [6, 6.07) is 20.4. The Morgan fingerprint density at radius 3 is 2.49 bits per heavy atom. The number of hydrogen-bond donors (Lipinski definition) is 0. The van der Waals surface area contributed by atoms with Gasteiger partial charge in [-0.05, 0) is 41.3 Å². The normalized spacial score (nSPS) is 21.8. The lowest BCUT2D eigenvalue weighted by molar-refractivity contribution is -0.128. The van der Waals surface area contributed by atoms with E-state index in [1.54, 1.807) is 18.2 Å². The van der Waals surface area contributed by atoms with Crippen LogP contribution in [0.3, 0.4) is 0 Å². The predicted molar refractivity (Wildman–Crippen MR) is 132 cm³/mol. The van der Waals surface area contributed by atoms with Crippen molar-refractivity contribution in [2.75, 3.05) is 6.54 Å². The Bertz CT molecular complexity index is 1390. The third-order valence-corrected chi connectivity index (χ3v) is 8.62. The Hall–Kier alpha value is -3.65. The fraction of sp³-hybridized carbons (Fsp3) is 0.259. The van der Waals surface area contributed by atoms with Crippen LogP contribution in [0, 0.1) is 5.92 Å². The summed E-state index contributed by atoms with van der Waals surface area (Å²) in [6.45, 7) is 4.16. The zero-order chi connectivity index (χ0) is 24.6. The molecule has 35 heavy (non-hydrogen) atoms. The molecule has 7 nitrogen and oxygen atoms in total. The number of amides is 2. The highest BCUT2D eigenvalue weighted by molar-refractivity contribution is 7.89. The number of carbonyl (C=O) groups excluding carboxylic acids is 2. The zero-order valence-electron chi connectivity index (χ0n) is 19.1. The van der Waals surface area contributed by atoms with E-state index in [1.165, 1.54) is 11.0 Å². The lowest BCUT2D eigenvalue weighted by Gasteiger charge is -2.26. The van der Waals surface area contributed by atoms with Crippen molar-refractivity contribution >= 4 is 32.8 Å². The highest BCUT2D eigenvalue weighted by Crippen LogP contribution is 2.41. The predicted octanol–water partition coefficient (Wildman–Crippen LogP) is 4.34. The summed E-state index contributed by atoms with van der Waals surface area (Å²) in [5, 5.41) is 1.69. The van der Waals surface area contributed by atoms with E-state index in [-0.39, 0.29) is 17.9 Å². The number of fused-ring (bicyclic) bond motifs is 2. The second kappa shape index (κ2) is 9.19. The lowest BCUT2D eigenvalue weighted by Crippen LogP contribution is -2.43. The molecule has 0 N–H and O–H groups in total. The average Bonchev–Trinajstić information content (AvgIpc) is 3.41. The number of allylic oxidation sites excluding steroid dienone is 1. The van der Waals surface area contributed by atoms with Crippen molar-refractivity contribution in [3.63, 3.8) is 0 Å². The lowest BCUT2D eigenvalue weighted by atomic mass is 9.96. The minimum Gasteiger partial charge on any atom is -0.445 e. The van der Waals surface area contributed by atoms with Gasteiger partial charge in [0.05, 0.1) is 22.9 Å². The fourth-order valence-electron chi connectivity index (χ4n) is 5.19. The first kappa shape index (κ1) is 23.1. The van der Waals surface area contributed by atoms with Crippen LogP contribution < -0.4 is 0 Å². The summed E-state index contributed by atoms with van der Waals surface area (Å²) in [6.07, 6.45) is 1.68. The van der Waals surface area contributed by atoms with Crippen LogP contribution in [0.25, 0.3) is 10.8 Å². The molecule has 5 rings (SSSR count). The van der Waals surface area contributed by atoms with Crippen LogP contribution in [-0.2, 0) is 26.2 Å². The third kappa shape index (κ3) is 4.08. The van der Waals surface area contributed by atoms with Crippen LogP contribution in [0.1, 0.15) is 18.4 Å². The largest absolute Gasteiger partial charge is 0.445 e. The summed E-state index contributed by atoms with van der Waals surface area (Å²) in [7, 11) is -4.12. The third-order valence-electron chi connectivity index (χ3n) is 6.81. The van der Waals surface area contributed by atoms with Crippen molar-refractivity contribution < 1.29 is 22.7 Å². The molecule has 0 radical (unpaired) electrons. The smallest absolute Gasteiger partial charge is 0.410 e. The van der Waals surface area contributed by atoms with E-state index in [9.17, 15) is 18.0 Å². The Morgan fingerprint density at radius 1 is 1.03 bits per heavy atom. The Labute approximate surface area is 204 Å². The standard InChI is InChI=1S/C27H26N2O5S/c1-2-8-23-25-24(15-16-28(25)27(31)34-18-19-9-4-3-5-10-19)29(26(23)30)35(32,33)22-14-13-20-11-6-7-12-21(20)17-22/h2-7,9-14,17,23-25H,1,8,15-16,18H2/t23-,24+,25-/m0/s1. The number of sulfonamides is 1. The van der Waals surface area contributed by atoms with Crippen molar-refractivity contribution in [1.82, 2.24) is 9.21 Å². The number of benzene rings is 3. The molecule has 3 aromatic carbocycles. The number of ether oxygens (including phenoxy) is 1. The van der Waals surface area contributed by atoms with E-state index in [0.29, 0.717) is 13.0 Å². The fourth-order valence-corrected chi connectivity index (χ4v) is 6.89. The van der Waals surface area contributed by atoms with Gasteiger partial charge in [-0.15, -0.1) is 6.58 Å². The van der Waals surface area contributed by atoms with Crippen LogP contribution in [0.5, 0.6) is 0 Å². The molecule has 2 amide bonds. The SMILES string of the molecule is C=CC[C@@H]1C(=O)N(S(=O)(=O)c2ccc3ccccc3c2)[C@@H]2CCN(C(=O)OCc3ccccc3)[C@@H]12. The van der Waals surface area contributed by atoms with Crippen LogP contribution in [0.15, 0.2) is 90.3 Å². The van der Waals surface area contributed by atoms with Crippen LogP contribution in [-0.4, -0.2) is 48.3 Å². The minimum atomic E-state index is -4.12. The Balaban J connectivity index is 1.43. The maximum absolute atomic E-state index is 13.7. The van der Waals surface area contributed by atoms with E-state index in [1.807, 2.05) is 54.6 Å². The number of likely N-dealkylation sites (tertiary alicyclic amines) is 1. The van der Waals surface area contributed by atoms with Gasteiger partial charge in [-0.1, -0.05) is 66.7 Å². The number of carbonyl (C=O) groups is 2. The monoisotopic (exact) mass is 490 g/mol. The second-order valence-electron chi connectivity index (χ2n) is 8.86. The molecule has 0 aromatic heterocycles. The number of rotatable bonds is 6. The van der Waals surface area contributed by atoms with Crippen LogP contribution >= 0.6 is 0 Å². The maximum Gasteiger partial charge on any atom is 0.410 e. The summed E-state index contributed by atoms with van der Waals surface area (Å²) in [4.78, 5) is 28.0. The van der Waals surface area contributed by atoms with Crippen molar-refractivity contribution in [3.05, 3.63) is 91.0 Å². The number of nitrogens with zero attached hydrogens (tertiary/aromatic N) is 2. The molecule has 3 aromatic rings. The second-order valence-corrected chi connectivity index (χ2v) is 10.7. The molecule has 180 valence electrons. The molecule has 0 bridgehead atoms. The van der Waals surface area contributed by atoms with Crippen molar-refractivity contribution in [2.24, 2.45) is 5.92 Å². The summed E-state index contributed by atoms with van der Waals surface area (Å²) in [5.41, 5.74) is 0.849. The first-order chi connectivity index (χ1) is 16.9. The van der Waals surface area contributed by atoms with E-state index in [2.05, 4.69) is 6.58 Å². The van der Waals surface area contributed by atoms with Gasteiger partial charge >= 0.3 is 6.09 Å². The van der Waals surface area contributed by atoms with Crippen LogP contribution in [0.4, 0.5) is 4.79 Å². The first-order valence-electron chi connectivity index (χ1n) is 11.6. The zero-order valence-corrected chi connectivity index (χ0v) is 19.9. The van der Waals surface area contributed by atoms with Gasteiger partial charge in [0.25, 0.3) is 10.0 Å². The molecular weight excluding hydrogens is 464 g/mol.